The molecule has 0 spiro atoms. The number of rotatable bonds is 7. The molecule has 0 radical (unpaired) electrons. The van der Waals surface area contributed by atoms with E-state index in [1.807, 2.05) is 18.2 Å². The predicted molar refractivity (Wildman–Crippen MR) is 92.5 cm³/mol. The molecule has 0 unspecified atom stereocenters. The first-order valence-electron chi connectivity index (χ1n) is 8.27. The Labute approximate surface area is 143 Å². The van der Waals surface area contributed by atoms with Gasteiger partial charge in [-0.15, -0.1) is 11.6 Å². The number of nitrogens with one attached hydrogen (secondary N) is 1. The van der Waals surface area contributed by atoms with Crippen molar-refractivity contribution in [2.75, 3.05) is 19.6 Å². The SMILES string of the molecule is COc1cc(CC(=O)N[C@H]2CC[C@H](C)CC2)ccc1OCCCl. The molecule has 0 atom stereocenters. The molecule has 0 aliphatic heterocycles. The molecule has 1 aromatic carbocycles. The van der Waals surface area contributed by atoms with Crippen molar-refractivity contribution in [3.8, 4) is 11.5 Å². The van der Waals surface area contributed by atoms with Crippen LogP contribution in [0.4, 0.5) is 0 Å². The molecule has 1 aliphatic carbocycles. The van der Waals surface area contributed by atoms with Gasteiger partial charge in [0, 0.05) is 6.04 Å². The number of methoxy groups -OCH3 is 1. The standard InChI is InChI=1S/C18H26ClNO3/c1-13-3-6-15(7-4-13)20-18(21)12-14-5-8-16(23-10-9-19)17(11-14)22-2/h5,8,11,13,15H,3-4,6-7,9-10,12H2,1-2H3,(H,20,21)/t13-,15-. The maximum absolute atomic E-state index is 12.2. The summed E-state index contributed by atoms with van der Waals surface area (Å²) in [7, 11) is 1.59. The Morgan fingerprint density at radius 2 is 2.00 bits per heavy atom. The molecule has 1 N–H and O–H groups in total. The lowest BCUT2D eigenvalue weighted by atomic mass is 9.87. The van der Waals surface area contributed by atoms with Crippen LogP contribution >= 0.6 is 11.6 Å². The molecule has 1 fully saturated rings. The molecule has 0 saturated heterocycles. The fraction of sp³-hybridized carbons (Fsp3) is 0.611. The molecule has 1 aliphatic rings. The normalized spacial score (nSPS) is 20.8. The van der Waals surface area contributed by atoms with Gasteiger partial charge in [-0.1, -0.05) is 13.0 Å². The van der Waals surface area contributed by atoms with E-state index in [2.05, 4.69) is 12.2 Å². The van der Waals surface area contributed by atoms with E-state index in [9.17, 15) is 4.79 Å². The summed E-state index contributed by atoms with van der Waals surface area (Å²) in [5, 5.41) is 3.15. The molecule has 0 aromatic heterocycles. The number of alkyl halides is 1. The van der Waals surface area contributed by atoms with E-state index in [0.29, 0.717) is 36.4 Å². The summed E-state index contributed by atoms with van der Waals surface area (Å²) in [6, 6.07) is 5.91. The molecule has 5 heteroatoms. The number of halogens is 1. The van der Waals surface area contributed by atoms with Gasteiger partial charge in [0.2, 0.25) is 5.91 Å². The molecule has 128 valence electrons. The van der Waals surface area contributed by atoms with Crippen molar-refractivity contribution in [1.82, 2.24) is 5.32 Å². The van der Waals surface area contributed by atoms with E-state index in [0.717, 1.165) is 24.3 Å². The van der Waals surface area contributed by atoms with Gasteiger partial charge in [0.25, 0.3) is 0 Å². The summed E-state index contributed by atoms with van der Waals surface area (Å²) in [4.78, 5) is 12.2. The van der Waals surface area contributed by atoms with Gasteiger partial charge < -0.3 is 14.8 Å². The Kier molecular flexibility index (Phi) is 7.03. The number of carbonyl (C=O) groups is 1. The van der Waals surface area contributed by atoms with E-state index in [1.54, 1.807) is 7.11 Å². The van der Waals surface area contributed by atoms with Crippen LogP contribution < -0.4 is 14.8 Å². The summed E-state index contributed by atoms with van der Waals surface area (Å²) in [5.74, 6) is 2.56. The summed E-state index contributed by atoms with van der Waals surface area (Å²) < 4.78 is 10.8. The van der Waals surface area contributed by atoms with Crippen LogP contribution in [0.25, 0.3) is 0 Å². The second-order valence-corrected chi connectivity index (χ2v) is 6.60. The quantitative estimate of drug-likeness (QED) is 0.773. The highest BCUT2D eigenvalue weighted by atomic mass is 35.5. The first kappa shape index (κ1) is 17.9. The zero-order valence-electron chi connectivity index (χ0n) is 13.9. The Bertz CT molecular complexity index is 513. The molecular weight excluding hydrogens is 314 g/mol. The van der Waals surface area contributed by atoms with Crippen molar-refractivity contribution < 1.29 is 14.3 Å². The number of carbonyl (C=O) groups excluding carboxylic acids is 1. The number of ether oxygens (including phenoxy) is 2. The lowest BCUT2D eigenvalue weighted by Gasteiger charge is -2.27. The van der Waals surface area contributed by atoms with E-state index >= 15 is 0 Å². The van der Waals surface area contributed by atoms with Gasteiger partial charge in [0.05, 0.1) is 19.4 Å². The van der Waals surface area contributed by atoms with Gasteiger partial charge in [-0.05, 0) is 49.3 Å². The van der Waals surface area contributed by atoms with Crippen molar-refractivity contribution in [2.24, 2.45) is 5.92 Å². The molecule has 0 bridgehead atoms. The summed E-state index contributed by atoms with van der Waals surface area (Å²) in [6.07, 6.45) is 4.93. The highest BCUT2D eigenvalue weighted by Gasteiger charge is 2.20. The Balaban J connectivity index is 1.90. The lowest BCUT2D eigenvalue weighted by Crippen LogP contribution is -2.38. The Hall–Kier alpha value is -1.42. The van der Waals surface area contributed by atoms with Gasteiger partial charge in [0.15, 0.2) is 11.5 Å². The van der Waals surface area contributed by atoms with Crippen molar-refractivity contribution >= 4 is 17.5 Å². The van der Waals surface area contributed by atoms with Crippen molar-refractivity contribution in [3.63, 3.8) is 0 Å². The third-order valence-corrected chi connectivity index (χ3v) is 4.46. The van der Waals surface area contributed by atoms with Crippen molar-refractivity contribution in [1.29, 1.82) is 0 Å². The van der Waals surface area contributed by atoms with E-state index < -0.39 is 0 Å². The highest BCUT2D eigenvalue weighted by Crippen LogP contribution is 2.28. The van der Waals surface area contributed by atoms with Gasteiger partial charge in [-0.2, -0.15) is 0 Å². The van der Waals surface area contributed by atoms with E-state index in [-0.39, 0.29) is 5.91 Å². The van der Waals surface area contributed by atoms with Crippen LogP contribution in [0.5, 0.6) is 11.5 Å². The molecule has 1 saturated carbocycles. The third kappa shape index (κ3) is 5.61. The zero-order valence-corrected chi connectivity index (χ0v) is 14.7. The predicted octanol–water partition coefficient (Wildman–Crippen LogP) is 3.55. The minimum absolute atomic E-state index is 0.0704. The number of hydrogen-bond acceptors (Lipinski definition) is 3. The molecule has 2 rings (SSSR count). The van der Waals surface area contributed by atoms with Crippen LogP contribution in [0, 0.1) is 5.92 Å². The minimum atomic E-state index is 0.0704. The smallest absolute Gasteiger partial charge is 0.224 e. The monoisotopic (exact) mass is 339 g/mol. The third-order valence-electron chi connectivity index (χ3n) is 4.31. The number of hydrogen-bond donors (Lipinski definition) is 1. The molecular formula is C18H26ClNO3. The average molecular weight is 340 g/mol. The summed E-state index contributed by atoms with van der Waals surface area (Å²) in [6.45, 7) is 2.70. The maximum Gasteiger partial charge on any atom is 0.224 e. The lowest BCUT2D eigenvalue weighted by molar-refractivity contribution is -0.121. The van der Waals surface area contributed by atoms with Gasteiger partial charge in [-0.25, -0.2) is 0 Å². The van der Waals surface area contributed by atoms with Gasteiger partial charge >= 0.3 is 0 Å². The maximum atomic E-state index is 12.2. The first-order chi connectivity index (χ1) is 11.1. The van der Waals surface area contributed by atoms with Crippen LogP contribution in [0.2, 0.25) is 0 Å². The summed E-state index contributed by atoms with van der Waals surface area (Å²) in [5.41, 5.74) is 0.918. The fourth-order valence-corrected chi connectivity index (χ4v) is 3.04. The van der Waals surface area contributed by atoms with Crippen molar-refractivity contribution in [3.05, 3.63) is 23.8 Å². The molecule has 23 heavy (non-hydrogen) atoms. The minimum Gasteiger partial charge on any atom is -0.493 e. The molecule has 1 aromatic rings. The fourth-order valence-electron chi connectivity index (χ4n) is 2.96. The number of amides is 1. The zero-order chi connectivity index (χ0) is 16.7. The Morgan fingerprint density at radius 3 is 2.65 bits per heavy atom. The molecule has 1 amide bonds. The first-order valence-corrected chi connectivity index (χ1v) is 8.81. The van der Waals surface area contributed by atoms with Crippen LogP contribution in [0.15, 0.2) is 18.2 Å². The molecule has 4 nitrogen and oxygen atoms in total. The number of benzene rings is 1. The average Bonchev–Trinajstić information content (AvgIpc) is 2.55. The van der Waals surface area contributed by atoms with Crippen LogP contribution in [-0.2, 0) is 11.2 Å². The summed E-state index contributed by atoms with van der Waals surface area (Å²) >= 11 is 5.63. The Morgan fingerprint density at radius 1 is 1.26 bits per heavy atom. The van der Waals surface area contributed by atoms with E-state index in [4.69, 9.17) is 21.1 Å². The van der Waals surface area contributed by atoms with Crippen LogP contribution in [0.1, 0.15) is 38.2 Å². The highest BCUT2D eigenvalue weighted by molar-refractivity contribution is 6.18. The molecule has 0 heterocycles. The van der Waals surface area contributed by atoms with Gasteiger partial charge in [-0.3, -0.25) is 4.79 Å². The second kappa shape index (κ2) is 9.02. The van der Waals surface area contributed by atoms with Gasteiger partial charge in [0.1, 0.15) is 6.61 Å². The van der Waals surface area contributed by atoms with Crippen molar-refractivity contribution in [2.45, 2.75) is 45.1 Å². The second-order valence-electron chi connectivity index (χ2n) is 6.22. The topological polar surface area (TPSA) is 47.6 Å². The van der Waals surface area contributed by atoms with Crippen LogP contribution in [-0.4, -0.2) is 31.5 Å². The largest absolute Gasteiger partial charge is 0.493 e. The van der Waals surface area contributed by atoms with Crippen LogP contribution in [0.3, 0.4) is 0 Å². The van der Waals surface area contributed by atoms with E-state index in [1.165, 1.54) is 12.8 Å².